The summed E-state index contributed by atoms with van der Waals surface area (Å²) in [6.07, 6.45) is 0.737. The number of hydrogen-bond donors (Lipinski definition) is 2. The molecule has 2 aromatic carbocycles. The molecule has 0 atom stereocenters. The highest BCUT2D eigenvalue weighted by atomic mass is 79.9. The minimum atomic E-state index is -0.964. The molecule has 0 saturated carbocycles. The van der Waals surface area contributed by atoms with Crippen molar-refractivity contribution in [3.63, 3.8) is 0 Å². The molecule has 21 heavy (non-hydrogen) atoms. The van der Waals surface area contributed by atoms with Crippen molar-refractivity contribution >= 4 is 27.6 Å². The fourth-order valence-corrected chi connectivity index (χ4v) is 2.59. The van der Waals surface area contributed by atoms with Crippen molar-refractivity contribution in [3.8, 4) is 0 Å². The molecule has 2 rings (SSSR count). The van der Waals surface area contributed by atoms with E-state index < -0.39 is 5.97 Å². The Balaban J connectivity index is 2.01. The molecule has 0 aromatic heterocycles. The lowest BCUT2D eigenvalue weighted by Gasteiger charge is -2.10. The normalized spacial score (nSPS) is 10.4. The average Bonchev–Trinajstić information content (AvgIpc) is 2.40. The van der Waals surface area contributed by atoms with E-state index in [4.69, 9.17) is 5.11 Å². The first kappa shape index (κ1) is 15.5. The Labute approximate surface area is 130 Å². The van der Waals surface area contributed by atoms with Gasteiger partial charge < -0.3 is 10.4 Å². The van der Waals surface area contributed by atoms with Crippen molar-refractivity contribution in [2.45, 2.75) is 13.3 Å². The smallest absolute Gasteiger partial charge is 0.335 e. The van der Waals surface area contributed by atoms with Crippen LogP contribution in [0.1, 0.15) is 21.5 Å². The Morgan fingerprint density at radius 1 is 1.29 bits per heavy atom. The summed E-state index contributed by atoms with van der Waals surface area (Å²) in [5.74, 6) is -1.20. The average molecular weight is 352 g/mol. The molecule has 0 aliphatic carbocycles. The predicted octanol–water partition coefficient (Wildman–Crippen LogP) is 4.25. The van der Waals surface area contributed by atoms with Gasteiger partial charge in [-0.15, -0.1) is 0 Å². The summed E-state index contributed by atoms with van der Waals surface area (Å²) in [5.41, 5.74) is 2.95. The number of carboxylic acid groups (broad SMARTS) is 1. The van der Waals surface area contributed by atoms with E-state index >= 15 is 0 Å². The van der Waals surface area contributed by atoms with Crippen LogP contribution in [0.4, 0.5) is 10.1 Å². The van der Waals surface area contributed by atoms with Crippen LogP contribution in [0.25, 0.3) is 0 Å². The largest absolute Gasteiger partial charge is 0.478 e. The molecule has 2 aromatic rings. The van der Waals surface area contributed by atoms with Crippen molar-refractivity contribution in [2.75, 3.05) is 11.9 Å². The first-order valence-electron chi connectivity index (χ1n) is 6.48. The fraction of sp³-hybridized carbons (Fsp3) is 0.188. The van der Waals surface area contributed by atoms with Crippen LogP contribution in [0, 0.1) is 12.7 Å². The zero-order valence-corrected chi connectivity index (χ0v) is 13.1. The number of carbonyl (C=O) groups is 1. The summed E-state index contributed by atoms with van der Waals surface area (Å²) >= 11 is 3.29. The highest BCUT2D eigenvalue weighted by Gasteiger charge is 2.06. The predicted molar refractivity (Wildman–Crippen MR) is 84.4 cm³/mol. The van der Waals surface area contributed by atoms with Gasteiger partial charge in [0.15, 0.2) is 0 Å². The number of nitrogens with one attached hydrogen (secondary N) is 1. The van der Waals surface area contributed by atoms with Gasteiger partial charge in [-0.2, -0.15) is 0 Å². The quantitative estimate of drug-likeness (QED) is 0.846. The lowest BCUT2D eigenvalue weighted by Crippen LogP contribution is -2.07. The number of hydrogen-bond acceptors (Lipinski definition) is 2. The SMILES string of the molecule is Cc1cc(F)ccc1CCNc1cc(Br)cc(C(=O)O)c1. The second kappa shape index (κ2) is 6.72. The molecule has 5 heteroatoms. The monoisotopic (exact) mass is 351 g/mol. The molecule has 0 amide bonds. The molecule has 0 unspecified atom stereocenters. The molecule has 3 nitrogen and oxygen atoms in total. The van der Waals surface area contributed by atoms with Crippen molar-refractivity contribution in [1.29, 1.82) is 0 Å². The van der Waals surface area contributed by atoms with E-state index in [2.05, 4.69) is 21.2 Å². The molecule has 0 radical (unpaired) electrons. The van der Waals surface area contributed by atoms with Gasteiger partial charge in [0.2, 0.25) is 0 Å². The van der Waals surface area contributed by atoms with Gasteiger partial charge in [-0.3, -0.25) is 0 Å². The number of carboxylic acids is 1. The second-order valence-corrected chi connectivity index (χ2v) is 5.70. The molecular weight excluding hydrogens is 337 g/mol. The van der Waals surface area contributed by atoms with Crippen molar-refractivity contribution < 1.29 is 14.3 Å². The minimum Gasteiger partial charge on any atom is -0.478 e. The van der Waals surface area contributed by atoms with Crippen LogP contribution >= 0.6 is 15.9 Å². The maximum Gasteiger partial charge on any atom is 0.335 e. The first-order chi connectivity index (χ1) is 9.95. The van der Waals surface area contributed by atoms with Crippen LogP contribution in [0.5, 0.6) is 0 Å². The number of halogens is 2. The van der Waals surface area contributed by atoms with Gasteiger partial charge in [-0.05, 0) is 54.8 Å². The molecule has 0 spiro atoms. The molecule has 2 N–H and O–H groups in total. The Kier molecular flexibility index (Phi) is 4.96. The lowest BCUT2D eigenvalue weighted by atomic mass is 10.1. The molecule has 110 valence electrons. The van der Waals surface area contributed by atoms with Gasteiger partial charge >= 0.3 is 5.97 Å². The molecule has 0 aliphatic rings. The standard InChI is InChI=1S/C16H15BrFNO2/c1-10-6-14(18)3-2-11(10)4-5-19-15-8-12(16(20)21)7-13(17)9-15/h2-3,6-9,19H,4-5H2,1H3,(H,20,21). The van der Waals surface area contributed by atoms with Gasteiger partial charge in [0.25, 0.3) is 0 Å². The third-order valence-electron chi connectivity index (χ3n) is 3.17. The summed E-state index contributed by atoms with van der Waals surface area (Å²) in [4.78, 5) is 11.0. The molecule has 0 aliphatic heterocycles. The van der Waals surface area contributed by atoms with Gasteiger partial charge in [0.05, 0.1) is 5.56 Å². The number of aromatic carboxylic acids is 1. The van der Waals surface area contributed by atoms with E-state index in [9.17, 15) is 9.18 Å². The first-order valence-corrected chi connectivity index (χ1v) is 7.28. The van der Waals surface area contributed by atoms with Crippen molar-refractivity contribution in [1.82, 2.24) is 0 Å². The lowest BCUT2D eigenvalue weighted by molar-refractivity contribution is 0.0697. The minimum absolute atomic E-state index is 0.227. The summed E-state index contributed by atoms with van der Waals surface area (Å²) in [6.45, 7) is 2.52. The van der Waals surface area contributed by atoms with Gasteiger partial charge in [-0.25, -0.2) is 9.18 Å². The van der Waals surface area contributed by atoms with E-state index in [1.165, 1.54) is 12.1 Å². The van der Waals surface area contributed by atoms with E-state index in [0.717, 1.165) is 23.2 Å². The maximum absolute atomic E-state index is 13.0. The number of anilines is 1. The molecule has 0 saturated heterocycles. The highest BCUT2D eigenvalue weighted by molar-refractivity contribution is 9.10. The topological polar surface area (TPSA) is 49.3 Å². The summed E-state index contributed by atoms with van der Waals surface area (Å²) in [5, 5.41) is 12.2. The van der Waals surface area contributed by atoms with Crippen molar-refractivity contribution in [2.24, 2.45) is 0 Å². The summed E-state index contributed by atoms with van der Waals surface area (Å²) < 4.78 is 13.7. The Bertz CT molecular complexity index is 673. The maximum atomic E-state index is 13.0. The number of aryl methyl sites for hydroxylation is 1. The van der Waals surface area contributed by atoms with E-state index in [0.29, 0.717) is 11.0 Å². The number of rotatable bonds is 5. The Morgan fingerprint density at radius 2 is 2.05 bits per heavy atom. The van der Waals surface area contributed by atoms with Gasteiger partial charge in [0, 0.05) is 16.7 Å². The van der Waals surface area contributed by atoms with Gasteiger partial charge in [0.1, 0.15) is 5.82 Å². The highest BCUT2D eigenvalue weighted by Crippen LogP contribution is 2.20. The zero-order valence-electron chi connectivity index (χ0n) is 11.5. The van der Waals surface area contributed by atoms with Crippen LogP contribution in [0.3, 0.4) is 0 Å². The van der Waals surface area contributed by atoms with Crippen LogP contribution in [-0.4, -0.2) is 17.6 Å². The summed E-state index contributed by atoms with van der Waals surface area (Å²) in [7, 11) is 0. The van der Waals surface area contributed by atoms with Crippen LogP contribution in [-0.2, 0) is 6.42 Å². The van der Waals surface area contributed by atoms with Crippen LogP contribution < -0.4 is 5.32 Å². The van der Waals surface area contributed by atoms with Gasteiger partial charge in [-0.1, -0.05) is 22.0 Å². The zero-order chi connectivity index (χ0) is 15.4. The van der Waals surface area contributed by atoms with Crippen molar-refractivity contribution in [3.05, 3.63) is 63.4 Å². The Morgan fingerprint density at radius 3 is 2.71 bits per heavy atom. The molecule has 0 bridgehead atoms. The molecule has 0 fully saturated rings. The Hall–Kier alpha value is -1.88. The summed E-state index contributed by atoms with van der Waals surface area (Å²) in [6, 6.07) is 9.70. The number of benzene rings is 2. The van der Waals surface area contributed by atoms with E-state index in [-0.39, 0.29) is 11.4 Å². The molecule has 0 heterocycles. The van der Waals surface area contributed by atoms with Crippen LogP contribution in [0.15, 0.2) is 40.9 Å². The third kappa shape index (κ3) is 4.29. The fourth-order valence-electron chi connectivity index (χ4n) is 2.10. The van der Waals surface area contributed by atoms with E-state index in [1.54, 1.807) is 18.2 Å². The molecular formula is C16H15BrFNO2. The second-order valence-electron chi connectivity index (χ2n) is 4.78. The van der Waals surface area contributed by atoms with E-state index in [1.807, 2.05) is 13.0 Å². The third-order valence-corrected chi connectivity index (χ3v) is 3.63. The van der Waals surface area contributed by atoms with Crippen LogP contribution in [0.2, 0.25) is 0 Å².